The van der Waals surface area contributed by atoms with Crippen molar-refractivity contribution in [3.63, 3.8) is 0 Å². The third kappa shape index (κ3) is 6.07. The lowest BCUT2D eigenvalue weighted by molar-refractivity contribution is -0.124. The molecule has 1 rings (SSSR count). The number of carbonyl (C=O) groups excluding carboxylic acids is 1. The number of amides is 1. The molecule has 0 atom stereocenters. The predicted octanol–water partition coefficient (Wildman–Crippen LogP) is 1.87. The summed E-state index contributed by atoms with van der Waals surface area (Å²) in [4.78, 5) is 13.6. The Bertz CT molecular complexity index is 340. The molecular formula is C13H21ClN2O2. The van der Waals surface area contributed by atoms with Crippen LogP contribution >= 0.6 is 11.6 Å². The zero-order valence-corrected chi connectivity index (χ0v) is 11.8. The van der Waals surface area contributed by atoms with Crippen LogP contribution in [0.2, 0.25) is 0 Å². The molecule has 1 aliphatic rings. The fourth-order valence-electron chi connectivity index (χ4n) is 1.47. The summed E-state index contributed by atoms with van der Waals surface area (Å²) in [6.45, 7) is 4.64. The maximum atomic E-state index is 11.5. The summed E-state index contributed by atoms with van der Waals surface area (Å²) in [5.74, 6) is 0.737. The number of hydrogen-bond acceptors (Lipinski definition) is 3. The molecule has 1 aliphatic carbocycles. The lowest BCUT2D eigenvalue weighted by Gasteiger charge is -2.15. The lowest BCUT2D eigenvalue weighted by atomic mass is 10.1. The molecular weight excluding hydrogens is 252 g/mol. The van der Waals surface area contributed by atoms with Crippen LogP contribution in [0.4, 0.5) is 0 Å². The molecule has 0 aromatic rings. The lowest BCUT2D eigenvalue weighted by Crippen LogP contribution is -2.34. The van der Waals surface area contributed by atoms with Crippen molar-refractivity contribution in [2.24, 2.45) is 0 Å². The molecule has 0 fully saturated rings. The Kier molecular flexibility index (Phi) is 6.83. The van der Waals surface area contributed by atoms with Gasteiger partial charge in [0.25, 0.3) is 5.91 Å². The highest BCUT2D eigenvalue weighted by Gasteiger charge is 2.08. The van der Waals surface area contributed by atoms with E-state index in [2.05, 4.69) is 17.1 Å². The van der Waals surface area contributed by atoms with Gasteiger partial charge in [0.1, 0.15) is 0 Å². The second-order valence-corrected chi connectivity index (χ2v) is 4.77. The van der Waals surface area contributed by atoms with Gasteiger partial charge in [-0.3, -0.25) is 4.79 Å². The SMILES string of the molecule is CCN(C)CCNC(=O)COC1=CC=C(Cl)CC1. The van der Waals surface area contributed by atoms with Crippen molar-refractivity contribution in [3.8, 4) is 0 Å². The minimum Gasteiger partial charge on any atom is -0.488 e. The number of halogens is 1. The Morgan fingerprint density at radius 3 is 2.89 bits per heavy atom. The molecule has 18 heavy (non-hydrogen) atoms. The zero-order chi connectivity index (χ0) is 13.4. The number of rotatable bonds is 7. The van der Waals surface area contributed by atoms with E-state index >= 15 is 0 Å². The molecule has 0 aliphatic heterocycles. The van der Waals surface area contributed by atoms with Crippen LogP contribution in [0, 0.1) is 0 Å². The van der Waals surface area contributed by atoms with Crippen LogP contribution in [0.1, 0.15) is 19.8 Å². The summed E-state index contributed by atoms with van der Waals surface area (Å²) in [5, 5.41) is 3.65. The van der Waals surface area contributed by atoms with Crippen molar-refractivity contribution in [1.82, 2.24) is 10.2 Å². The van der Waals surface area contributed by atoms with Crippen molar-refractivity contribution in [3.05, 3.63) is 22.9 Å². The van der Waals surface area contributed by atoms with E-state index < -0.39 is 0 Å². The second kappa shape index (κ2) is 8.16. The molecule has 1 N–H and O–H groups in total. The van der Waals surface area contributed by atoms with Gasteiger partial charge in [0, 0.05) is 24.5 Å². The molecule has 0 bridgehead atoms. The highest BCUT2D eigenvalue weighted by molar-refractivity contribution is 6.29. The summed E-state index contributed by atoms with van der Waals surface area (Å²) in [7, 11) is 2.02. The van der Waals surface area contributed by atoms with E-state index in [1.807, 2.05) is 19.2 Å². The first-order valence-corrected chi connectivity index (χ1v) is 6.63. The van der Waals surface area contributed by atoms with Gasteiger partial charge in [-0.05, 0) is 32.2 Å². The molecule has 0 radical (unpaired) electrons. The summed E-state index contributed by atoms with van der Waals surface area (Å²) < 4.78 is 5.41. The predicted molar refractivity (Wildman–Crippen MR) is 73.4 cm³/mol. The number of nitrogens with zero attached hydrogens (tertiary/aromatic N) is 1. The van der Waals surface area contributed by atoms with Crippen LogP contribution in [0.5, 0.6) is 0 Å². The van der Waals surface area contributed by atoms with Crippen LogP contribution in [-0.2, 0) is 9.53 Å². The van der Waals surface area contributed by atoms with Gasteiger partial charge in [0.15, 0.2) is 6.61 Å². The van der Waals surface area contributed by atoms with Crippen LogP contribution in [0.15, 0.2) is 22.9 Å². The zero-order valence-electron chi connectivity index (χ0n) is 11.0. The van der Waals surface area contributed by atoms with E-state index in [1.54, 1.807) is 0 Å². The minimum atomic E-state index is -0.0824. The number of likely N-dealkylation sites (N-methyl/N-ethyl adjacent to an activating group) is 1. The summed E-state index contributed by atoms with van der Waals surface area (Å²) in [6.07, 6.45) is 5.19. The van der Waals surface area contributed by atoms with Crippen molar-refractivity contribution < 1.29 is 9.53 Å². The van der Waals surface area contributed by atoms with E-state index in [9.17, 15) is 4.79 Å². The standard InChI is InChI=1S/C13H21ClN2O2/c1-3-16(2)9-8-15-13(17)10-18-12-6-4-11(14)5-7-12/h4,6H,3,5,7-10H2,1-2H3,(H,15,17). The maximum absolute atomic E-state index is 11.5. The van der Waals surface area contributed by atoms with Crippen LogP contribution in [0.25, 0.3) is 0 Å². The molecule has 0 spiro atoms. The van der Waals surface area contributed by atoms with Gasteiger partial charge in [-0.2, -0.15) is 0 Å². The van der Waals surface area contributed by atoms with Gasteiger partial charge in [-0.25, -0.2) is 0 Å². The van der Waals surface area contributed by atoms with E-state index in [4.69, 9.17) is 16.3 Å². The Balaban J connectivity index is 2.14. The molecule has 0 saturated carbocycles. The third-order valence-electron chi connectivity index (χ3n) is 2.80. The quantitative estimate of drug-likeness (QED) is 0.769. The van der Waals surface area contributed by atoms with Crippen LogP contribution < -0.4 is 5.32 Å². The molecule has 1 amide bonds. The first-order valence-electron chi connectivity index (χ1n) is 6.25. The monoisotopic (exact) mass is 272 g/mol. The Morgan fingerprint density at radius 2 is 2.28 bits per heavy atom. The largest absolute Gasteiger partial charge is 0.488 e. The Hall–Kier alpha value is -1.00. The van der Waals surface area contributed by atoms with Gasteiger partial charge in [-0.15, -0.1) is 0 Å². The van der Waals surface area contributed by atoms with E-state index in [1.165, 1.54) is 0 Å². The molecule has 5 heteroatoms. The molecule has 0 unspecified atom stereocenters. The molecule has 0 aromatic carbocycles. The number of allylic oxidation sites excluding steroid dienone is 4. The highest BCUT2D eigenvalue weighted by atomic mass is 35.5. The van der Waals surface area contributed by atoms with Crippen molar-refractivity contribution in [1.29, 1.82) is 0 Å². The molecule has 4 nitrogen and oxygen atoms in total. The minimum absolute atomic E-state index is 0.0765. The van der Waals surface area contributed by atoms with Gasteiger partial charge in [0.05, 0.1) is 5.76 Å². The fourth-order valence-corrected chi connectivity index (χ4v) is 1.62. The molecule has 102 valence electrons. The van der Waals surface area contributed by atoms with Gasteiger partial charge in [-0.1, -0.05) is 18.5 Å². The van der Waals surface area contributed by atoms with E-state index in [0.717, 1.165) is 36.7 Å². The number of carbonyl (C=O) groups is 1. The second-order valence-electron chi connectivity index (χ2n) is 4.28. The van der Waals surface area contributed by atoms with Crippen LogP contribution in [-0.4, -0.2) is 44.1 Å². The first-order chi connectivity index (χ1) is 8.61. The van der Waals surface area contributed by atoms with Crippen molar-refractivity contribution in [2.75, 3.05) is 33.3 Å². The highest BCUT2D eigenvalue weighted by Crippen LogP contribution is 2.21. The normalized spacial score (nSPS) is 15.1. The average Bonchev–Trinajstić information content (AvgIpc) is 2.38. The topological polar surface area (TPSA) is 41.6 Å². The summed E-state index contributed by atoms with van der Waals surface area (Å²) in [6, 6.07) is 0. The fraction of sp³-hybridized carbons (Fsp3) is 0.615. The maximum Gasteiger partial charge on any atom is 0.257 e. The third-order valence-corrected chi connectivity index (χ3v) is 3.12. The Morgan fingerprint density at radius 1 is 1.50 bits per heavy atom. The average molecular weight is 273 g/mol. The number of nitrogens with one attached hydrogen (secondary N) is 1. The van der Waals surface area contributed by atoms with Gasteiger partial charge < -0.3 is 15.0 Å². The molecule has 0 heterocycles. The summed E-state index contributed by atoms with van der Waals surface area (Å²) in [5.41, 5.74) is 0. The van der Waals surface area contributed by atoms with Crippen LogP contribution in [0.3, 0.4) is 0 Å². The van der Waals surface area contributed by atoms with Gasteiger partial charge in [0.2, 0.25) is 0 Å². The number of hydrogen-bond donors (Lipinski definition) is 1. The van der Waals surface area contributed by atoms with E-state index in [0.29, 0.717) is 6.54 Å². The smallest absolute Gasteiger partial charge is 0.257 e. The first kappa shape index (κ1) is 15.1. The van der Waals surface area contributed by atoms with Crippen molar-refractivity contribution >= 4 is 17.5 Å². The number of ether oxygens (including phenoxy) is 1. The molecule has 0 saturated heterocycles. The van der Waals surface area contributed by atoms with Crippen molar-refractivity contribution in [2.45, 2.75) is 19.8 Å². The molecule has 0 aromatic heterocycles. The van der Waals surface area contributed by atoms with Gasteiger partial charge >= 0.3 is 0 Å². The summed E-state index contributed by atoms with van der Waals surface area (Å²) >= 11 is 5.83. The van der Waals surface area contributed by atoms with E-state index in [-0.39, 0.29) is 12.5 Å². The Labute approximate surface area is 114 Å².